The molecular weight excluding hydrogens is 335 g/mol. The topological polar surface area (TPSA) is 52.6 Å². The number of aryl methyl sites for hydroxylation is 1. The molecule has 0 saturated carbocycles. The van der Waals surface area contributed by atoms with E-state index >= 15 is 0 Å². The fraction of sp³-hybridized carbons (Fsp3) is 0.353. The van der Waals surface area contributed by atoms with Crippen molar-refractivity contribution in [3.05, 3.63) is 57.4 Å². The van der Waals surface area contributed by atoms with Crippen molar-refractivity contribution >= 4 is 29.1 Å². The molecule has 1 amide bonds. The fourth-order valence-corrected chi connectivity index (χ4v) is 2.74. The third-order valence-corrected chi connectivity index (χ3v) is 4.63. The number of carbonyl (C=O) groups excluding carboxylic acids is 1. The Bertz CT molecular complexity index is 656. The van der Waals surface area contributed by atoms with Crippen LogP contribution >= 0.6 is 23.2 Å². The van der Waals surface area contributed by atoms with Gasteiger partial charge in [-0.05, 0) is 49.6 Å². The number of likely N-dealkylation sites (N-methyl/N-ethyl adjacent to an activating group) is 1. The summed E-state index contributed by atoms with van der Waals surface area (Å²) < 4.78 is 0. The summed E-state index contributed by atoms with van der Waals surface area (Å²) in [6, 6.07) is 4.87. The molecule has 1 atom stereocenters. The standard InChI is InChI=1S/C17H20Cl2N2O2/c1-11-5-8-15(22)16(21(11)2)17(23)20-9-3-4-12-6-7-13(18)14(19)10-12/h5-8,10,16,22H,3-4,9H2,1-2H3,(H,20,23). The van der Waals surface area contributed by atoms with Crippen LogP contribution in [0.15, 0.2) is 41.8 Å². The van der Waals surface area contributed by atoms with Crippen molar-refractivity contribution in [1.29, 1.82) is 0 Å². The van der Waals surface area contributed by atoms with Crippen LogP contribution in [0.5, 0.6) is 0 Å². The normalized spacial score (nSPS) is 17.6. The Labute approximate surface area is 146 Å². The number of rotatable bonds is 5. The van der Waals surface area contributed by atoms with Crippen LogP contribution in [0.25, 0.3) is 0 Å². The van der Waals surface area contributed by atoms with Crippen molar-refractivity contribution in [2.45, 2.75) is 25.8 Å². The molecule has 124 valence electrons. The van der Waals surface area contributed by atoms with Gasteiger partial charge in [0.25, 0.3) is 5.91 Å². The number of halogens is 2. The minimum atomic E-state index is -0.662. The second kappa shape index (κ2) is 7.75. The molecule has 0 spiro atoms. The molecule has 1 aromatic carbocycles. The quantitative estimate of drug-likeness (QED) is 0.792. The number of aliphatic hydroxyl groups is 1. The molecule has 0 radical (unpaired) electrons. The average molecular weight is 355 g/mol. The Hall–Kier alpha value is -1.65. The van der Waals surface area contributed by atoms with E-state index in [0.29, 0.717) is 16.6 Å². The molecule has 0 bridgehead atoms. The van der Waals surface area contributed by atoms with E-state index in [1.807, 2.05) is 19.1 Å². The number of allylic oxidation sites excluding steroid dienone is 3. The second-order valence-corrected chi connectivity index (χ2v) is 6.37. The third-order valence-electron chi connectivity index (χ3n) is 3.89. The lowest BCUT2D eigenvalue weighted by Gasteiger charge is -2.31. The predicted octanol–water partition coefficient (Wildman–Crippen LogP) is 3.70. The van der Waals surface area contributed by atoms with Crippen LogP contribution in [0.1, 0.15) is 18.9 Å². The number of nitrogens with one attached hydrogen (secondary N) is 1. The highest BCUT2D eigenvalue weighted by Gasteiger charge is 2.29. The lowest BCUT2D eigenvalue weighted by atomic mass is 10.1. The Balaban J connectivity index is 1.82. The van der Waals surface area contributed by atoms with E-state index < -0.39 is 6.04 Å². The Morgan fingerprint density at radius 3 is 2.74 bits per heavy atom. The number of hydrogen-bond donors (Lipinski definition) is 2. The molecule has 0 aliphatic carbocycles. The Kier molecular flexibility index (Phi) is 5.97. The molecule has 0 aromatic heterocycles. The lowest BCUT2D eigenvalue weighted by molar-refractivity contribution is -0.125. The predicted molar refractivity (Wildman–Crippen MR) is 93.8 cm³/mol. The minimum Gasteiger partial charge on any atom is -0.510 e. The smallest absolute Gasteiger partial charge is 0.250 e. The van der Waals surface area contributed by atoms with Gasteiger partial charge in [0.15, 0.2) is 6.04 Å². The van der Waals surface area contributed by atoms with Crippen LogP contribution in [-0.4, -0.2) is 35.5 Å². The first kappa shape index (κ1) is 17.7. The molecule has 1 aliphatic rings. The SMILES string of the molecule is CC1=CC=C(O)C(C(=O)NCCCc2ccc(Cl)c(Cl)c2)N1C. The van der Waals surface area contributed by atoms with Crippen molar-refractivity contribution in [3.63, 3.8) is 0 Å². The number of carbonyl (C=O) groups is 1. The van der Waals surface area contributed by atoms with Gasteiger partial charge in [-0.15, -0.1) is 0 Å². The van der Waals surface area contributed by atoms with Crippen molar-refractivity contribution in [2.24, 2.45) is 0 Å². The van der Waals surface area contributed by atoms with Gasteiger partial charge in [-0.1, -0.05) is 29.3 Å². The zero-order valence-corrected chi connectivity index (χ0v) is 14.7. The first-order valence-electron chi connectivity index (χ1n) is 7.42. The largest absolute Gasteiger partial charge is 0.510 e. The van der Waals surface area contributed by atoms with Crippen molar-refractivity contribution in [1.82, 2.24) is 10.2 Å². The summed E-state index contributed by atoms with van der Waals surface area (Å²) in [5.74, 6) is -0.150. The highest BCUT2D eigenvalue weighted by Crippen LogP contribution is 2.23. The molecule has 0 saturated heterocycles. The van der Waals surface area contributed by atoms with Crippen molar-refractivity contribution in [2.75, 3.05) is 13.6 Å². The summed E-state index contributed by atoms with van der Waals surface area (Å²) in [6.45, 7) is 2.42. The molecule has 2 N–H and O–H groups in total. The van der Waals surface area contributed by atoms with E-state index in [1.165, 1.54) is 0 Å². The van der Waals surface area contributed by atoms with Gasteiger partial charge in [0.05, 0.1) is 10.0 Å². The maximum Gasteiger partial charge on any atom is 0.250 e. The molecule has 0 fully saturated rings. The van der Waals surface area contributed by atoms with Gasteiger partial charge < -0.3 is 15.3 Å². The van der Waals surface area contributed by atoms with Gasteiger partial charge in [0.1, 0.15) is 5.76 Å². The minimum absolute atomic E-state index is 0.0556. The van der Waals surface area contributed by atoms with Crippen LogP contribution in [0.4, 0.5) is 0 Å². The highest BCUT2D eigenvalue weighted by molar-refractivity contribution is 6.42. The van der Waals surface area contributed by atoms with E-state index in [9.17, 15) is 9.90 Å². The lowest BCUT2D eigenvalue weighted by Crippen LogP contribution is -2.46. The monoisotopic (exact) mass is 354 g/mol. The van der Waals surface area contributed by atoms with E-state index in [2.05, 4.69) is 5.32 Å². The van der Waals surface area contributed by atoms with Gasteiger partial charge in [0.2, 0.25) is 0 Å². The summed E-state index contributed by atoms with van der Waals surface area (Å²) >= 11 is 11.9. The Morgan fingerprint density at radius 2 is 2.04 bits per heavy atom. The first-order valence-corrected chi connectivity index (χ1v) is 8.17. The van der Waals surface area contributed by atoms with Gasteiger partial charge in [-0.3, -0.25) is 4.79 Å². The van der Waals surface area contributed by atoms with Crippen molar-refractivity contribution < 1.29 is 9.90 Å². The number of nitrogens with zero attached hydrogens (tertiary/aromatic N) is 1. The maximum absolute atomic E-state index is 12.3. The van der Waals surface area contributed by atoms with Crippen LogP contribution in [-0.2, 0) is 11.2 Å². The van der Waals surface area contributed by atoms with Crippen LogP contribution < -0.4 is 5.32 Å². The van der Waals surface area contributed by atoms with Crippen LogP contribution in [0.3, 0.4) is 0 Å². The number of hydrogen-bond acceptors (Lipinski definition) is 3. The second-order valence-electron chi connectivity index (χ2n) is 5.56. The van der Waals surface area contributed by atoms with Crippen LogP contribution in [0.2, 0.25) is 10.0 Å². The summed E-state index contributed by atoms with van der Waals surface area (Å²) in [4.78, 5) is 14.0. The fourth-order valence-electron chi connectivity index (χ4n) is 2.42. The van der Waals surface area contributed by atoms with E-state index in [-0.39, 0.29) is 11.7 Å². The molecular formula is C17H20Cl2N2O2. The molecule has 6 heteroatoms. The molecule has 4 nitrogen and oxygen atoms in total. The molecule has 2 rings (SSSR count). The highest BCUT2D eigenvalue weighted by atomic mass is 35.5. The molecule has 1 heterocycles. The van der Waals surface area contributed by atoms with Crippen LogP contribution in [0, 0.1) is 0 Å². The van der Waals surface area contributed by atoms with Crippen molar-refractivity contribution in [3.8, 4) is 0 Å². The molecule has 1 unspecified atom stereocenters. The zero-order valence-electron chi connectivity index (χ0n) is 13.1. The zero-order chi connectivity index (χ0) is 17.0. The summed E-state index contributed by atoms with van der Waals surface area (Å²) in [6.07, 6.45) is 4.91. The maximum atomic E-state index is 12.3. The van der Waals surface area contributed by atoms with Gasteiger partial charge in [-0.2, -0.15) is 0 Å². The summed E-state index contributed by atoms with van der Waals surface area (Å²) in [5.41, 5.74) is 2.00. The Morgan fingerprint density at radius 1 is 1.30 bits per heavy atom. The molecule has 1 aliphatic heterocycles. The molecule has 23 heavy (non-hydrogen) atoms. The first-order chi connectivity index (χ1) is 10.9. The molecule has 1 aromatic rings. The number of aliphatic hydroxyl groups excluding tert-OH is 1. The summed E-state index contributed by atoms with van der Waals surface area (Å²) in [7, 11) is 1.79. The van der Waals surface area contributed by atoms with E-state index in [0.717, 1.165) is 24.1 Å². The van der Waals surface area contributed by atoms with E-state index in [1.54, 1.807) is 30.2 Å². The van der Waals surface area contributed by atoms with Gasteiger partial charge >= 0.3 is 0 Å². The summed E-state index contributed by atoms with van der Waals surface area (Å²) in [5, 5.41) is 13.8. The van der Waals surface area contributed by atoms with Gasteiger partial charge in [-0.25, -0.2) is 0 Å². The van der Waals surface area contributed by atoms with E-state index in [4.69, 9.17) is 23.2 Å². The number of benzene rings is 1. The number of amides is 1. The van der Waals surface area contributed by atoms with Gasteiger partial charge in [0, 0.05) is 19.3 Å². The average Bonchev–Trinajstić information content (AvgIpc) is 2.51. The third kappa shape index (κ3) is 4.43.